The van der Waals surface area contributed by atoms with E-state index < -0.39 is 10.2 Å². The third kappa shape index (κ3) is 3.61. The van der Waals surface area contributed by atoms with Crippen LogP contribution < -0.4 is 10.5 Å². The first kappa shape index (κ1) is 14.1. The molecule has 5 nitrogen and oxygen atoms in total. The summed E-state index contributed by atoms with van der Waals surface area (Å²) in [6.07, 6.45) is 5.30. The molecule has 2 rings (SSSR count). The largest absolute Gasteiger partial charge is 0.399 e. The summed E-state index contributed by atoms with van der Waals surface area (Å²) in [6, 6.07) is 6.81. The van der Waals surface area contributed by atoms with Crippen molar-refractivity contribution in [2.24, 2.45) is 0 Å². The van der Waals surface area contributed by atoms with Gasteiger partial charge in [0.25, 0.3) is 0 Å². The summed E-state index contributed by atoms with van der Waals surface area (Å²) in [5, 5.41) is 0. The van der Waals surface area contributed by atoms with E-state index in [1.807, 2.05) is 0 Å². The average Bonchev–Trinajstić information content (AvgIpc) is 2.41. The molecule has 1 aliphatic carbocycles. The van der Waals surface area contributed by atoms with Crippen LogP contribution in [0.5, 0.6) is 0 Å². The summed E-state index contributed by atoms with van der Waals surface area (Å²) < 4.78 is 28.6. The standard InChI is InChI=1S/C13H21N3O2S/c1-16(13-5-3-2-4-6-13)19(17,18)15-12-9-7-11(14)8-10-12/h7-10,13,15H,2-6,14H2,1H3. The summed E-state index contributed by atoms with van der Waals surface area (Å²) in [4.78, 5) is 0. The van der Waals surface area contributed by atoms with E-state index in [1.54, 1.807) is 31.3 Å². The predicted octanol–water partition coefficient (Wildman–Crippen LogP) is 2.19. The molecule has 1 aromatic carbocycles. The second kappa shape index (κ2) is 5.79. The summed E-state index contributed by atoms with van der Waals surface area (Å²) in [5.74, 6) is 0. The number of nitrogens with one attached hydrogen (secondary N) is 1. The van der Waals surface area contributed by atoms with Crippen LogP contribution in [0, 0.1) is 0 Å². The van der Waals surface area contributed by atoms with Crippen molar-refractivity contribution >= 4 is 21.6 Å². The molecular formula is C13H21N3O2S. The second-order valence-electron chi connectivity index (χ2n) is 5.04. The molecule has 1 fully saturated rings. The Morgan fingerprint density at radius 3 is 2.32 bits per heavy atom. The molecule has 0 bridgehead atoms. The number of nitrogen functional groups attached to an aromatic ring is 1. The Balaban J connectivity index is 2.06. The highest BCUT2D eigenvalue weighted by Crippen LogP contribution is 2.24. The zero-order valence-corrected chi connectivity index (χ0v) is 12.0. The van der Waals surface area contributed by atoms with Crippen LogP contribution in [0.25, 0.3) is 0 Å². The SMILES string of the molecule is CN(C1CCCCC1)S(=O)(=O)Nc1ccc(N)cc1. The highest BCUT2D eigenvalue weighted by Gasteiger charge is 2.27. The number of nitrogens with zero attached hydrogens (tertiary/aromatic N) is 1. The lowest BCUT2D eigenvalue weighted by Gasteiger charge is -2.30. The van der Waals surface area contributed by atoms with Crippen LogP contribution in [0.2, 0.25) is 0 Å². The van der Waals surface area contributed by atoms with Crippen LogP contribution >= 0.6 is 0 Å². The molecule has 0 spiro atoms. The zero-order chi connectivity index (χ0) is 13.9. The van der Waals surface area contributed by atoms with Crippen molar-refractivity contribution in [1.82, 2.24) is 4.31 Å². The van der Waals surface area contributed by atoms with Crippen molar-refractivity contribution in [1.29, 1.82) is 0 Å². The summed E-state index contributed by atoms with van der Waals surface area (Å²) in [5.41, 5.74) is 6.73. The Labute approximate surface area is 115 Å². The Morgan fingerprint density at radius 2 is 1.74 bits per heavy atom. The first-order valence-corrected chi connectivity index (χ1v) is 8.04. The van der Waals surface area contributed by atoms with Gasteiger partial charge >= 0.3 is 10.2 Å². The third-order valence-corrected chi connectivity index (χ3v) is 5.18. The molecule has 6 heteroatoms. The van der Waals surface area contributed by atoms with E-state index in [0.29, 0.717) is 11.4 Å². The quantitative estimate of drug-likeness (QED) is 0.832. The van der Waals surface area contributed by atoms with Gasteiger partial charge in [-0.2, -0.15) is 12.7 Å². The molecular weight excluding hydrogens is 262 g/mol. The summed E-state index contributed by atoms with van der Waals surface area (Å²) >= 11 is 0. The maximum absolute atomic E-state index is 12.3. The average molecular weight is 283 g/mol. The smallest absolute Gasteiger partial charge is 0.301 e. The maximum Gasteiger partial charge on any atom is 0.301 e. The minimum absolute atomic E-state index is 0.111. The lowest BCUT2D eigenvalue weighted by Crippen LogP contribution is -2.41. The Bertz CT molecular complexity index is 507. The molecule has 0 atom stereocenters. The number of nitrogens with two attached hydrogens (primary N) is 1. The first-order valence-electron chi connectivity index (χ1n) is 6.60. The van der Waals surface area contributed by atoms with Gasteiger partial charge in [0.1, 0.15) is 0 Å². The van der Waals surface area contributed by atoms with Gasteiger partial charge in [-0.05, 0) is 37.1 Å². The molecule has 0 aromatic heterocycles. The molecule has 106 valence electrons. The molecule has 0 radical (unpaired) electrons. The fraction of sp³-hybridized carbons (Fsp3) is 0.538. The number of rotatable bonds is 4. The molecule has 1 saturated carbocycles. The summed E-state index contributed by atoms with van der Waals surface area (Å²) in [7, 11) is -1.83. The fourth-order valence-electron chi connectivity index (χ4n) is 2.41. The Kier molecular flexibility index (Phi) is 4.31. The molecule has 0 aliphatic heterocycles. The van der Waals surface area contributed by atoms with Crippen LogP contribution in [-0.2, 0) is 10.2 Å². The maximum atomic E-state index is 12.3. The van der Waals surface area contributed by atoms with E-state index in [0.717, 1.165) is 25.7 Å². The van der Waals surface area contributed by atoms with Gasteiger partial charge in [0.15, 0.2) is 0 Å². The molecule has 3 N–H and O–H groups in total. The van der Waals surface area contributed by atoms with E-state index in [4.69, 9.17) is 5.73 Å². The van der Waals surface area contributed by atoms with Crippen molar-refractivity contribution in [3.8, 4) is 0 Å². The minimum atomic E-state index is -3.48. The number of anilines is 2. The van der Waals surface area contributed by atoms with Gasteiger partial charge in [-0.15, -0.1) is 0 Å². The highest BCUT2D eigenvalue weighted by atomic mass is 32.2. The zero-order valence-electron chi connectivity index (χ0n) is 11.2. The van der Waals surface area contributed by atoms with Gasteiger partial charge in [-0.1, -0.05) is 19.3 Å². The van der Waals surface area contributed by atoms with Crippen LogP contribution in [-0.4, -0.2) is 25.8 Å². The van der Waals surface area contributed by atoms with Crippen molar-refractivity contribution in [2.75, 3.05) is 17.5 Å². The lowest BCUT2D eigenvalue weighted by atomic mass is 9.96. The van der Waals surface area contributed by atoms with Crippen LogP contribution in [0.15, 0.2) is 24.3 Å². The molecule has 0 unspecified atom stereocenters. The van der Waals surface area contributed by atoms with E-state index in [9.17, 15) is 8.42 Å². The number of hydrogen-bond donors (Lipinski definition) is 2. The van der Waals surface area contributed by atoms with Crippen LogP contribution in [0.1, 0.15) is 32.1 Å². The van der Waals surface area contributed by atoms with Crippen molar-refractivity contribution in [3.63, 3.8) is 0 Å². The fourth-order valence-corrected chi connectivity index (χ4v) is 3.59. The van der Waals surface area contributed by atoms with Gasteiger partial charge in [0.2, 0.25) is 0 Å². The van der Waals surface area contributed by atoms with E-state index in [1.165, 1.54) is 10.7 Å². The predicted molar refractivity (Wildman–Crippen MR) is 78.0 cm³/mol. The molecule has 0 saturated heterocycles. The topological polar surface area (TPSA) is 75.4 Å². The monoisotopic (exact) mass is 283 g/mol. The molecule has 0 amide bonds. The van der Waals surface area contributed by atoms with Gasteiger partial charge < -0.3 is 5.73 Å². The van der Waals surface area contributed by atoms with Gasteiger partial charge in [-0.25, -0.2) is 0 Å². The number of hydrogen-bond acceptors (Lipinski definition) is 3. The van der Waals surface area contributed by atoms with Crippen LogP contribution in [0.3, 0.4) is 0 Å². The number of benzene rings is 1. The van der Waals surface area contributed by atoms with Gasteiger partial charge in [0.05, 0.1) is 0 Å². The summed E-state index contributed by atoms with van der Waals surface area (Å²) in [6.45, 7) is 0. The molecule has 1 aliphatic rings. The molecule has 1 aromatic rings. The van der Waals surface area contributed by atoms with Gasteiger partial charge in [0, 0.05) is 24.5 Å². The normalized spacial score (nSPS) is 17.6. The molecule has 19 heavy (non-hydrogen) atoms. The van der Waals surface area contributed by atoms with E-state index in [2.05, 4.69) is 4.72 Å². The van der Waals surface area contributed by atoms with E-state index in [-0.39, 0.29) is 6.04 Å². The minimum Gasteiger partial charge on any atom is -0.399 e. The van der Waals surface area contributed by atoms with Crippen LogP contribution in [0.4, 0.5) is 11.4 Å². The second-order valence-corrected chi connectivity index (χ2v) is 6.77. The Hall–Kier alpha value is -1.27. The van der Waals surface area contributed by atoms with E-state index >= 15 is 0 Å². The van der Waals surface area contributed by atoms with Crippen molar-refractivity contribution < 1.29 is 8.42 Å². The lowest BCUT2D eigenvalue weighted by molar-refractivity contribution is 0.287. The van der Waals surface area contributed by atoms with Crippen molar-refractivity contribution in [2.45, 2.75) is 38.1 Å². The van der Waals surface area contributed by atoms with Gasteiger partial charge in [-0.3, -0.25) is 4.72 Å². The highest BCUT2D eigenvalue weighted by molar-refractivity contribution is 7.90. The molecule has 0 heterocycles. The Morgan fingerprint density at radius 1 is 1.16 bits per heavy atom. The third-order valence-electron chi connectivity index (χ3n) is 3.63. The van der Waals surface area contributed by atoms with Crippen molar-refractivity contribution in [3.05, 3.63) is 24.3 Å². The first-order chi connectivity index (χ1) is 8.99.